The topological polar surface area (TPSA) is 80.1 Å². The number of thiophene rings is 1. The van der Waals surface area contributed by atoms with Gasteiger partial charge in [0, 0.05) is 6.04 Å². The van der Waals surface area contributed by atoms with Crippen molar-refractivity contribution >= 4 is 46.3 Å². The number of amides is 2. The van der Waals surface area contributed by atoms with Crippen LogP contribution in [0.4, 0.5) is 11.4 Å². The van der Waals surface area contributed by atoms with E-state index < -0.39 is 5.25 Å². The molecule has 1 N–H and O–H groups in total. The molecule has 9 heteroatoms. The fourth-order valence-electron chi connectivity index (χ4n) is 3.45. The summed E-state index contributed by atoms with van der Waals surface area (Å²) in [5.74, 6) is 0.572. The number of thioether (sulfide) groups is 1. The second-order valence-corrected chi connectivity index (χ2v) is 9.39. The highest BCUT2D eigenvalue weighted by molar-refractivity contribution is 8.00. The number of fused-ring (bicyclic) bond motifs is 1. The molecule has 1 aliphatic carbocycles. The van der Waals surface area contributed by atoms with Gasteiger partial charge in [-0.05, 0) is 43.3 Å². The van der Waals surface area contributed by atoms with Crippen molar-refractivity contribution in [2.75, 3.05) is 16.8 Å². The number of hydrogen-bond donors (Lipinski definition) is 1. The summed E-state index contributed by atoms with van der Waals surface area (Å²) in [7, 11) is 0. The van der Waals surface area contributed by atoms with Crippen LogP contribution in [0, 0.1) is 0 Å². The summed E-state index contributed by atoms with van der Waals surface area (Å²) in [5, 5.41) is 14.0. The van der Waals surface area contributed by atoms with E-state index in [2.05, 4.69) is 20.1 Å². The molecule has 3 aromatic rings. The van der Waals surface area contributed by atoms with Crippen LogP contribution >= 0.6 is 23.1 Å². The predicted molar refractivity (Wildman–Crippen MR) is 114 cm³/mol. The minimum atomic E-state index is -0.396. The molecule has 0 spiro atoms. The third kappa shape index (κ3) is 3.44. The third-order valence-electron chi connectivity index (χ3n) is 4.98. The molecule has 2 aliphatic rings. The highest BCUT2D eigenvalue weighted by Crippen LogP contribution is 2.42. The molecule has 0 bridgehead atoms. The van der Waals surface area contributed by atoms with Gasteiger partial charge in [-0.15, -0.1) is 21.5 Å². The molecule has 148 valence electrons. The maximum absolute atomic E-state index is 13.2. The summed E-state index contributed by atoms with van der Waals surface area (Å²) < 4.78 is 2.16. The van der Waals surface area contributed by atoms with E-state index in [-0.39, 0.29) is 18.4 Å². The summed E-state index contributed by atoms with van der Waals surface area (Å²) in [4.78, 5) is 27.9. The Morgan fingerprint density at radius 1 is 1.24 bits per heavy atom. The van der Waals surface area contributed by atoms with Crippen LogP contribution in [0.1, 0.15) is 25.8 Å². The Morgan fingerprint density at radius 3 is 2.83 bits per heavy atom. The monoisotopic (exact) mass is 425 g/mol. The number of hydrogen-bond acceptors (Lipinski definition) is 6. The zero-order valence-corrected chi connectivity index (χ0v) is 17.4. The first-order valence-corrected chi connectivity index (χ1v) is 11.2. The van der Waals surface area contributed by atoms with Crippen molar-refractivity contribution in [3.05, 3.63) is 41.8 Å². The summed E-state index contributed by atoms with van der Waals surface area (Å²) in [6.45, 7) is 1.88. The smallest absolute Gasteiger partial charge is 0.244 e. The summed E-state index contributed by atoms with van der Waals surface area (Å²) in [6.07, 6.45) is 2.21. The van der Waals surface area contributed by atoms with E-state index >= 15 is 0 Å². The first kappa shape index (κ1) is 18.4. The van der Waals surface area contributed by atoms with Gasteiger partial charge < -0.3 is 5.32 Å². The van der Waals surface area contributed by atoms with E-state index in [4.69, 9.17) is 0 Å². The second-order valence-electron chi connectivity index (χ2n) is 7.13. The van der Waals surface area contributed by atoms with Crippen LogP contribution in [0.3, 0.4) is 0 Å². The Bertz CT molecular complexity index is 1070. The van der Waals surface area contributed by atoms with Crippen molar-refractivity contribution in [2.24, 2.45) is 0 Å². The number of benzene rings is 1. The SMILES string of the molecule is C[C@@H](Sc1nnc(-c2cccs2)n1C1CC1)C(=O)N1CC(=O)Nc2ccccc21. The first-order chi connectivity index (χ1) is 14.1. The van der Waals surface area contributed by atoms with Gasteiger partial charge in [0.2, 0.25) is 11.8 Å². The van der Waals surface area contributed by atoms with Crippen molar-refractivity contribution in [3.63, 3.8) is 0 Å². The maximum Gasteiger partial charge on any atom is 0.244 e. The second kappa shape index (κ2) is 7.31. The molecule has 7 nitrogen and oxygen atoms in total. The van der Waals surface area contributed by atoms with Gasteiger partial charge in [0.1, 0.15) is 6.54 Å². The number of aromatic nitrogens is 3. The summed E-state index contributed by atoms with van der Waals surface area (Å²) >= 11 is 3.04. The Hall–Kier alpha value is -2.65. The molecule has 1 saturated carbocycles. The van der Waals surface area contributed by atoms with Crippen molar-refractivity contribution in [1.29, 1.82) is 0 Å². The lowest BCUT2D eigenvalue weighted by atomic mass is 10.2. The molecular weight excluding hydrogens is 406 g/mol. The van der Waals surface area contributed by atoms with E-state index in [1.807, 2.05) is 48.7 Å². The van der Waals surface area contributed by atoms with Gasteiger partial charge in [0.25, 0.3) is 0 Å². The predicted octanol–water partition coefficient (Wildman–Crippen LogP) is 3.81. The lowest BCUT2D eigenvalue weighted by molar-refractivity contribution is -0.121. The molecule has 2 aromatic heterocycles. The molecule has 1 fully saturated rings. The standard InChI is InChI=1S/C20H19N5O2S2/c1-12(19(27)24-11-17(26)21-14-5-2-3-6-15(14)24)29-20-23-22-18(16-7-4-10-28-16)25(20)13-8-9-13/h2-7,10,12-13H,8-9,11H2,1H3,(H,21,26)/t12-/m1/s1. The van der Waals surface area contributed by atoms with Crippen molar-refractivity contribution in [1.82, 2.24) is 14.8 Å². The maximum atomic E-state index is 13.2. The van der Waals surface area contributed by atoms with Crippen molar-refractivity contribution in [2.45, 2.75) is 36.2 Å². The number of carbonyl (C=O) groups is 2. The number of nitrogens with zero attached hydrogens (tertiary/aromatic N) is 4. The van der Waals surface area contributed by atoms with E-state index in [0.29, 0.717) is 11.7 Å². The molecule has 2 amide bonds. The number of rotatable bonds is 5. The third-order valence-corrected chi connectivity index (χ3v) is 6.89. The minimum absolute atomic E-state index is 0.0243. The normalized spacial score (nSPS) is 17.0. The van der Waals surface area contributed by atoms with Gasteiger partial charge in [-0.25, -0.2) is 0 Å². The largest absolute Gasteiger partial charge is 0.323 e. The van der Waals surface area contributed by atoms with Crippen LogP contribution in [0.2, 0.25) is 0 Å². The van der Waals surface area contributed by atoms with Gasteiger partial charge in [-0.1, -0.05) is 30.0 Å². The average Bonchev–Trinajstić information content (AvgIpc) is 3.24. The zero-order chi connectivity index (χ0) is 20.0. The van der Waals surface area contributed by atoms with E-state index in [1.54, 1.807) is 16.2 Å². The molecule has 1 aromatic carbocycles. The fraction of sp³-hybridized carbons (Fsp3) is 0.300. The van der Waals surface area contributed by atoms with Crippen LogP contribution in [0.25, 0.3) is 10.7 Å². The van der Waals surface area contributed by atoms with Gasteiger partial charge in [-0.3, -0.25) is 19.1 Å². The van der Waals surface area contributed by atoms with E-state index in [9.17, 15) is 9.59 Å². The van der Waals surface area contributed by atoms with Crippen LogP contribution in [0.5, 0.6) is 0 Å². The molecule has 1 atom stereocenters. The van der Waals surface area contributed by atoms with Crippen LogP contribution in [0.15, 0.2) is 46.9 Å². The quantitative estimate of drug-likeness (QED) is 0.629. The van der Waals surface area contributed by atoms with Gasteiger partial charge in [0.15, 0.2) is 11.0 Å². The average molecular weight is 426 g/mol. The Balaban J connectivity index is 1.41. The van der Waals surface area contributed by atoms with Gasteiger partial charge >= 0.3 is 0 Å². The molecule has 5 rings (SSSR count). The highest BCUT2D eigenvalue weighted by Gasteiger charge is 2.34. The van der Waals surface area contributed by atoms with Crippen molar-refractivity contribution < 1.29 is 9.59 Å². The zero-order valence-electron chi connectivity index (χ0n) is 15.7. The minimum Gasteiger partial charge on any atom is -0.323 e. The van der Waals surface area contributed by atoms with E-state index in [0.717, 1.165) is 34.4 Å². The molecular formula is C20H19N5O2S2. The lowest BCUT2D eigenvalue weighted by Gasteiger charge is -2.30. The molecule has 3 heterocycles. The Kier molecular flexibility index (Phi) is 4.63. The molecule has 0 unspecified atom stereocenters. The van der Waals surface area contributed by atoms with Gasteiger partial charge in [0.05, 0.1) is 21.5 Å². The highest BCUT2D eigenvalue weighted by atomic mass is 32.2. The van der Waals surface area contributed by atoms with E-state index in [1.165, 1.54) is 11.8 Å². The number of nitrogens with one attached hydrogen (secondary N) is 1. The number of para-hydroxylation sites is 2. The molecule has 1 aliphatic heterocycles. The Labute approximate surface area is 176 Å². The van der Waals surface area contributed by atoms with Crippen molar-refractivity contribution in [3.8, 4) is 10.7 Å². The first-order valence-electron chi connectivity index (χ1n) is 9.47. The molecule has 0 radical (unpaired) electrons. The molecule has 29 heavy (non-hydrogen) atoms. The lowest BCUT2D eigenvalue weighted by Crippen LogP contribution is -2.45. The Morgan fingerprint density at radius 2 is 2.07 bits per heavy atom. The number of carbonyl (C=O) groups excluding carboxylic acids is 2. The summed E-state index contributed by atoms with van der Waals surface area (Å²) in [5.41, 5.74) is 1.39. The van der Waals surface area contributed by atoms with Crippen LogP contribution in [-0.2, 0) is 9.59 Å². The number of anilines is 2. The van der Waals surface area contributed by atoms with Crippen LogP contribution < -0.4 is 10.2 Å². The van der Waals surface area contributed by atoms with Crippen LogP contribution in [-0.4, -0.2) is 38.4 Å². The molecule has 0 saturated heterocycles. The van der Waals surface area contributed by atoms with Gasteiger partial charge in [-0.2, -0.15) is 0 Å². The fourth-order valence-corrected chi connectivity index (χ4v) is 5.14. The summed E-state index contributed by atoms with van der Waals surface area (Å²) in [6, 6.07) is 11.8.